The van der Waals surface area contributed by atoms with E-state index in [9.17, 15) is 0 Å². The summed E-state index contributed by atoms with van der Waals surface area (Å²) < 4.78 is 6.25. The van der Waals surface area contributed by atoms with E-state index < -0.39 is 0 Å². The number of ether oxygens (including phenoxy) is 1. The van der Waals surface area contributed by atoms with Gasteiger partial charge in [0.05, 0.1) is 23.0 Å². The maximum Gasteiger partial charge on any atom is 0.189 e. The quantitative estimate of drug-likeness (QED) is 0.766. The summed E-state index contributed by atoms with van der Waals surface area (Å²) >= 11 is 1.53. The van der Waals surface area contributed by atoms with Crippen molar-refractivity contribution in [3.05, 3.63) is 36.5 Å². The molecule has 0 saturated carbocycles. The van der Waals surface area contributed by atoms with Crippen molar-refractivity contribution in [3.8, 4) is 5.75 Å². The highest BCUT2D eigenvalue weighted by Crippen LogP contribution is 2.31. The highest BCUT2D eigenvalue weighted by molar-refractivity contribution is 7.22. The zero-order valence-corrected chi connectivity index (χ0v) is 11.1. The van der Waals surface area contributed by atoms with E-state index in [0.29, 0.717) is 11.5 Å². The lowest BCUT2D eigenvalue weighted by Crippen LogP contribution is -1.97. The zero-order chi connectivity index (χ0) is 13.2. The van der Waals surface area contributed by atoms with Crippen LogP contribution in [0.2, 0.25) is 0 Å². The average Bonchev–Trinajstić information content (AvgIpc) is 2.82. The minimum absolute atomic E-state index is 0.597. The van der Waals surface area contributed by atoms with Crippen LogP contribution in [-0.4, -0.2) is 17.1 Å². The third kappa shape index (κ3) is 2.30. The fourth-order valence-corrected chi connectivity index (χ4v) is 2.60. The van der Waals surface area contributed by atoms with E-state index in [-0.39, 0.29) is 0 Å². The lowest BCUT2D eigenvalue weighted by atomic mass is 10.3. The summed E-state index contributed by atoms with van der Waals surface area (Å²) in [4.78, 5) is 8.66. The number of rotatable bonds is 3. The van der Waals surface area contributed by atoms with Gasteiger partial charge in [0, 0.05) is 6.20 Å². The number of nitrogens with two attached hydrogens (primary N) is 1. The molecule has 0 amide bonds. The van der Waals surface area contributed by atoms with E-state index in [0.717, 1.165) is 21.1 Å². The molecule has 2 aromatic heterocycles. The van der Waals surface area contributed by atoms with Crippen LogP contribution in [0.4, 0.5) is 16.6 Å². The Balaban J connectivity index is 1.95. The van der Waals surface area contributed by atoms with E-state index in [1.165, 1.54) is 11.3 Å². The lowest BCUT2D eigenvalue weighted by molar-refractivity contribution is 0.415. The number of aromatic nitrogens is 2. The number of hydrogen-bond acceptors (Lipinski definition) is 6. The van der Waals surface area contributed by atoms with E-state index >= 15 is 0 Å². The molecule has 5 nitrogen and oxygen atoms in total. The Morgan fingerprint density at radius 2 is 2.21 bits per heavy atom. The van der Waals surface area contributed by atoms with Crippen molar-refractivity contribution in [3.63, 3.8) is 0 Å². The Hall–Kier alpha value is -2.34. The molecule has 1 aromatic carbocycles. The molecule has 3 aromatic rings. The van der Waals surface area contributed by atoms with Gasteiger partial charge in [-0.1, -0.05) is 11.3 Å². The molecule has 0 radical (unpaired) electrons. The number of nitrogens with one attached hydrogen (secondary N) is 1. The van der Waals surface area contributed by atoms with Gasteiger partial charge in [-0.2, -0.15) is 0 Å². The predicted molar refractivity (Wildman–Crippen MR) is 78.1 cm³/mol. The van der Waals surface area contributed by atoms with Crippen molar-refractivity contribution in [2.45, 2.75) is 0 Å². The monoisotopic (exact) mass is 272 g/mol. The maximum absolute atomic E-state index is 5.84. The number of methoxy groups -OCH3 is 1. The fourth-order valence-electron chi connectivity index (χ4n) is 1.71. The van der Waals surface area contributed by atoms with Crippen molar-refractivity contribution < 1.29 is 4.74 Å². The van der Waals surface area contributed by atoms with Crippen LogP contribution < -0.4 is 15.8 Å². The number of thiazole rings is 1. The van der Waals surface area contributed by atoms with Crippen LogP contribution in [0.25, 0.3) is 10.2 Å². The molecule has 0 aliphatic carbocycles. The topological polar surface area (TPSA) is 73.1 Å². The molecule has 0 saturated heterocycles. The summed E-state index contributed by atoms with van der Waals surface area (Å²) in [5, 5.41) is 3.89. The highest BCUT2D eigenvalue weighted by atomic mass is 32.1. The zero-order valence-electron chi connectivity index (χ0n) is 10.3. The number of anilines is 3. The summed E-state index contributed by atoms with van der Waals surface area (Å²) in [5.74, 6) is 1.44. The van der Waals surface area contributed by atoms with E-state index in [1.807, 2.05) is 18.2 Å². The van der Waals surface area contributed by atoms with Gasteiger partial charge in [0.1, 0.15) is 5.75 Å². The van der Waals surface area contributed by atoms with Crippen molar-refractivity contribution >= 4 is 38.2 Å². The second kappa shape index (κ2) is 4.74. The van der Waals surface area contributed by atoms with Crippen LogP contribution >= 0.6 is 11.3 Å². The molecule has 0 atom stereocenters. The first kappa shape index (κ1) is 11.7. The second-order valence-corrected chi connectivity index (χ2v) is 4.95. The molecule has 0 aliphatic heterocycles. The van der Waals surface area contributed by atoms with Gasteiger partial charge in [-0.15, -0.1) is 0 Å². The van der Waals surface area contributed by atoms with E-state index in [2.05, 4.69) is 15.3 Å². The number of pyridine rings is 1. The van der Waals surface area contributed by atoms with Crippen LogP contribution in [0, 0.1) is 0 Å². The molecule has 0 spiro atoms. The van der Waals surface area contributed by atoms with Crippen LogP contribution in [0.1, 0.15) is 0 Å². The Labute approximate surface area is 114 Å². The minimum atomic E-state index is 0.597. The molecule has 0 aliphatic rings. The molecular weight excluding hydrogens is 260 g/mol. The van der Waals surface area contributed by atoms with Crippen molar-refractivity contribution in [1.82, 2.24) is 9.97 Å². The standard InChI is InChI=1S/C13H12N4OS/c1-18-8-4-5-10-11(7-8)19-13(16-10)17-12-9(14)3-2-6-15-12/h2-7H,14H2,1H3,(H,15,16,17). The minimum Gasteiger partial charge on any atom is -0.497 e. The first-order valence-electron chi connectivity index (χ1n) is 5.68. The largest absolute Gasteiger partial charge is 0.497 e. The molecule has 96 valence electrons. The van der Waals surface area contributed by atoms with Gasteiger partial charge >= 0.3 is 0 Å². The van der Waals surface area contributed by atoms with Crippen LogP contribution in [0.5, 0.6) is 5.75 Å². The second-order valence-electron chi connectivity index (χ2n) is 3.92. The summed E-state index contributed by atoms with van der Waals surface area (Å²) in [5.41, 5.74) is 7.36. The van der Waals surface area contributed by atoms with Crippen LogP contribution in [-0.2, 0) is 0 Å². The van der Waals surface area contributed by atoms with Crippen LogP contribution in [0.3, 0.4) is 0 Å². The van der Waals surface area contributed by atoms with Gasteiger partial charge in [0.2, 0.25) is 0 Å². The molecule has 0 unspecified atom stereocenters. The normalized spacial score (nSPS) is 10.6. The molecular formula is C13H12N4OS. The Bertz CT molecular complexity index is 725. The number of fused-ring (bicyclic) bond motifs is 1. The first-order valence-corrected chi connectivity index (χ1v) is 6.50. The number of hydrogen-bond donors (Lipinski definition) is 2. The number of benzene rings is 1. The van der Waals surface area contributed by atoms with Crippen molar-refractivity contribution in [2.24, 2.45) is 0 Å². The molecule has 0 fully saturated rings. The Morgan fingerprint density at radius 1 is 1.32 bits per heavy atom. The SMILES string of the molecule is COc1ccc2nc(Nc3ncccc3N)sc2c1. The third-order valence-corrected chi connectivity index (χ3v) is 3.59. The highest BCUT2D eigenvalue weighted by Gasteiger charge is 2.07. The predicted octanol–water partition coefficient (Wildman–Crippen LogP) is 3.03. The molecule has 19 heavy (non-hydrogen) atoms. The lowest BCUT2D eigenvalue weighted by Gasteiger charge is -2.03. The van der Waals surface area contributed by atoms with Gasteiger partial charge in [0.25, 0.3) is 0 Å². The summed E-state index contributed by atoms with van der Waals surface area (Å²) in [6.07, 6.45) is 1.69. The Kier molecular flexibility index (Phi) is 2.92. The summed E-state index contributed by atoms with van der Waals surface area (Å²) in [6.45, 7) is 0. The van der Waals surface area contributed by atoms with Gasteiger partial charge in [0.15, 0.2) is 10.9 Å². The number of nitrogen functional groups attached to an aromatic ring is 1. The average molecular weight is 272 g/mol. The third-order valence-electron chi connectivity index (χ3n) is 2.66. The van der Waals surface area contributed by atoms with Gasteiger partial charge in [-0.05, 0) is 30.3 Å². The molecule has 3 N–H and O–H groups in total. The van der Waals surface area contributed by atoms with Gasteiger partial charge < -0.3 is 15.8 Å². The van der Waals surface area contributed by atoms with Crippen molar-refractivity contribution in [2.75, 3.05) is 18.2 Å². The Morgan fingerprint density at radius 3 is 3.00 bits per heavy atom. The smallest absolute Gasteiger partial charge is 0.189 e. The number of nitrogens with zero attached hydrogens (tertiary/aromatic N) is 2. The molecule has 3 rings (SSSR count). The molecule has 0 bridgehead atoms. The van der Waals surface area contributed by atoms with Crippen LogP contribution in [0.15, 0.2) is 36.5 Å². The molecule has 2 heterocycles. The fraction of sp³-hybridized carbons (Fsp3) is 0.0769. The first-order chi connectivity index (χ1) is 9.26. The van der Waals surface area contributed by atoms with E-state index in [4.69, 9.17) is 10.5 Å². The molecule has 6 heteroatoms. The summed E-state index contributed by atoms with van der Waals surface area (Å²) in [6, 6.07) is 9.37. The summed E-state index contributed by atoms with van der Waals surface area (Å²) in [7, 11) is 1.65. The van der Waals surface area contributed by atoms with Gasteiger partial charge in [-0.25, -0.2) is 9.97 Å². The van der Waals surface area contributed by atoms with E-state index in [1.54, 1.807) is 25.4 Å². The van der Waals surface area contributed by atoms with Gasteiger partial charge in [-0.3, -0.25) is 0 Å². The van der Waals surface area contributed by atoms with Crippen molar-refractivity contribution in [1.29, 1.82) is 0 Å². The maximum atomic E-state index is 5.84.